The van der Waals surface area contributed by atoms with Crippen LogP contribution in [0.25, 0.3) is 0 Å². The standard InChI is InChI=1S/C13H20N2OS/c1-9-7-12(10(2)17-9)13(16)15-6-4-5-11(8-15)14-3/h7,11,14H,4-6,8H2,1-3H3/t11-/m1/s1. The number of piperidine rings is 1. The van der Waals surface area contributed by atoms with Crippen LogP contribution in [-0.2, 0) is 0 Å². The first-order valence-corrected chi connectivity index (χ1v) is 6.97. The molecular weight excluding hydrogens is 232 g/mol. The first-order chi connectivity index (χ1) is 8.11. The van der Waals surface area contributed by atoms with Crippen molar-refractivity contribution < 1.29 is 4.79 Å². The maximum atomic E-state index is 12.4. The summed E-state index contributed by atoms with van der Waals surface area (Å²) in [7, 11) is 1.97. The molecule has 1 saturated heterocycles. The van der Waals surface area contributed by atoms with Gasteiger partial charge in [-0.2, -0.15) is 0 Å². The highest BCUT2D eigenvalue weighted by molar-refractivity contribution is 7.12. The molecule has 1 fully saturated rings. The predicted molar refractivity (Wildman–Crippen MR) is 71.8 cm³/mol. The lowest BCUT2D eigenvalue weighted by Gasteiger charge is -2.32. The number of nitrogens with one attached hydrogen (secondary N) is 1. The number of hydrogen-bond donors (Lipinski definition) is 1. The van der Waals surface area contributed by atoms with Crippen LogP contribution in [0.5, 0.6) is 0 Å². The Morgan fingerprint density at radius 1 is 1.53 bits per heavy atom. The first kappa shape index (κ1) is 12.6. The van der Waals surface area contributed by atoms with Crippen LogP contribution in [0.2, 0.25) is 0 Å². The van der Waals surface area contributed by atoms with Gasteiger partial charge in [0.05, 0.1) is 5.56 Å². The number of carbonyl (C=O) groups is 1. The third kappa shape index (κ3) is 2.69. The quantitative estimate of drug-likeness (QED) is 0.875. The summed E-state index contributed by atoms with van der Waals surface area (Å²) in [6.07, 6.45) is 2.27. The monoisotopic (exact) mass is 252 g/mol. The number of rotatable bonds is 2. The van der Waals surface area contributed by atoms with Crippen molar-refractivity contribution >= 4 is 17.2 Å². The van der Waals surface area contributed by atoms with Crippen LogP contribution in [0.1, 0.15) is 33.0 Å². The highest BCUT2D eigenvalue weighted by atomic mass is 32.1. The Labute approximate surface area is 107 Å². The van der Waals surface area contributed by atoms with Gasteiger partial charge in [0.15, 0.2) is 0 Å². The van der Waals surface area contributed by atoms with Crippen LogP contribution in [0.4, 0.5) is 0 Å². The third-order valence-electron chi connectivity index (χ3n) is 3.39. The van der Waals surface area contributed by atoms with Crippen molar-refractivity contribution in [2.75, 3.05) is 20.1 Å². The van der Waals surface area contributed by atoms with Gasteiger partial charge >= 0.3 is 0 Å². The normalized spacial score (nSPS) is 20.6. The Morgan fingerprint density at radius 3 is 2.88 bits per heavy atom. The van der Waals surface area contributed by atoms with Gasteiger partial charge in [-0.1, -0.05) is 0 Å². The highest BCUT2D eigenvalue weighted by Gasteiger charge is 2.25. The first-order valence-electron chi connectivity index (χ1n) is 6.15. The van der Waals surface area contributed by atoms with E-state index in [4.69, 9.17) is 0 Å². The summed E-state index contributed by atoms with van der Waals surface area (Å²) in [4.78, 5) is 16.7. The van der Waals surface area contributed by atoms with Crippen molar-refractivity contribution in [3.8, 4) is 0 Å². The largest absolute Gasteiger partial charge is 0.337 e. The SMILES string of the molecule is CN[C@@H]1CCCN(C(=O)c2cc(C)sc2C)C1. The minimum absolute atomic E-state index is 0.201. The zero-order valence-corrected chi connectivity index (χ0v) is 11.6. The van der Waals surface area contributed by atoms with Gasteiger partial charge in [-0.3, -0.25) is 4.79 Å². The van der Waals surface area contributed by atoms with Gasteiger partial charge in [-0.25, -0.2) is 0 Å². The summed E-state index contributed by atoms with van der Waals surface area (Å²) in [6.45, 7) is 5.82. The topological polar surface area (TPSA) is 32.3 Å². The molecule has 1 aliphatic heterocycles. The van der Waals surface area contributed by atoms with E-state index in [2.05, 4.69) is 12.2 Å². The molecule has 1 amide bonds. The van der Waals surface area contributed by atoms with E-state index in [1.165, 1.54) is 11.3 Å². The van der Waals surface area contributed by atoms with Crippen LogP contribution in [0.15, 0.2) is 6.07 Å². The van der Waals surface area contributed by atoms with Crippen molar-refractivity contribution in [2.45, 2.75) is 32.7 Å². The second-order valence-corrected chi connectivity index (χ2v) is 6.17. The number of nitrogens with zero attached hydrogens (tertiary/aromatic N) is 1. The lowest BCUT2D eigenvalue weighted by atomic mass is 10.0. The number of thiophene rings is 1. The van der Waals surface area contributed by atoms with E-state index in [0.29, 0.717) is 6.04 Å². The lowest BCUT2D eigenvalue weighted by Crippen LogP contribution is -2.47. The molecule has 1 aliphatic rings. The van der Waals surface area contributed by atoms with Gasteiger partial charge in [-0.15, -0.1) is 11.3 Å². The molecule has 0 radical (unpaired) electrons. The fraction of sp³-hybridized carbons (Fsp3) is 0.615. The van der Waals surface area contributed by atoms with Crippen molar-refractivity contribution in [2.24, 2.45) is 0 Å². The molecule has 17 heavy (non-hydrogen) atoms. The average molecular weight is 252 g/mol. The molecule has 94 valence electrons. The number of amides is 1. The summed E-state index contributed by atoms with van der Waals surface area (Å²) in [6, 6.07) is 2.47. The highest BCUT2D eigenvalue weighted by Crippen LogP contribution is 2.23. The molecule has 1 N–H and O–H groups in total. The molecule has 2 heterocycles. The fourth-order valence-corrected chi connectivity index (χ4v) is 3.33. The molecule has 0 aliphatic carbocycles. The minimum Gasteiger partial charge on any atom is -0.337 e. The molecule has 4 heteroatoms. The molecule has 0 aromatic carbocycles. The number of carbonyl (C=O) groups excluding carboxylic acids is 1. The van der Waals surface area contributed by atoms with Crippen LogP contribution in [-0.4, -0.2) is 37.0 Å². The molecule has 0 saturated carbocycles. The van der Waals surface area contributed by atoms with E-state index < -0.39 is 0 Å². The van der Waals surface area contributed by atoms with Crippen LogP contribution in [0.3, 0.4) is 0 Å². The zero-order chi connectivity index (χ0) is 12.4. The van der Waals surface area contributed by atoms with Crippen molar-refractivity contribution in [1.29, 1.82) is 0 Å². The number of likely N-dealkylation sites (N-methyl/N-ethyl adjacent to an activating group) is 1. The third-order valence-corrected chi connectivity index (χ3v) is 4.35. The molecule has 0 bridgehead atoms. The minimum atomic E-state index is 0.201. The summed E-state index contributed by atoms with van der Waals surface area (Å²) in [5.74, 6) is 0.201. The molecule has 0 unspecified atom stereocenters. The molecule has 2 rings (SSSR count). The van der Waals surface area contributed by atoms with Gasteiger partial charge in [0.2, 0.25) is 0 Å². The van der Waals surface area contributed by atoms with Gasteiger partial charge in [0, 0.05) is 28.9 Å². The van der Waals surface area contributed by atoms with Crippen LogP contribution >= 0.6 is 11.3 Å². The average Bonchev–Trinajstić information content (AvgIpc) is 2.67. The summed E-state index contributed by atoms with van der Waals surface area (Å²) < 4.78 is 0. The van der Waals surface area contributed by atoms with E-state index in [9.17, 15) is 4.79 Å². The molecule has 1 aromatic heterocycles. The Bertz CT molecular complexity index is 414. The zero-order valence-electron chi connectivity index (χ0n) is 10.7. The van der Waals surface area contributed by atoms with E-state index in [1.807, 2.05) is 24.9 Å². The summed E-state index contributed by atoms with van der Waals surface area (Å²) in [5, 5.41) is 3.27. The number of hydrogen-bond acceptors (Lipinski definition) is 3. The molecule has 1 aromatic rings. The van der Waals surface area contributed by atoms with Gasteiger partial charge in [-0.05, 0) is 39.8 Å². The van der Waals surface area contributed by atoms with Gasteiger partial charge in [0.1, 0.15) is 0 Å². The summed E-state index contributed by atoms with van der Waals surface area (Å²) >= 11 is 1.70. The maximum Gasteiger partial charge on any atom is 0.255 e. The second kappa shape index (κ2) is 5.19. The van der Waals surface area contributed by atoms with Crippen molar-refractivity contribution in [3.05, 3.63) is 21.4 Å². The van der Waals surface area contributed by atoms with Crippen molar-refractivity contribution in [3.63, 3.8) is 0 Å². The van der Waals surface area contributed by atoms with E-state index in [1.54, 1.807) is 11.3 Å². The Kier molecular flexibility index (Phi) is 3.84. The Hall–Kier alpha value is -0.870. The van der Waals surface area contributed by atoms with E-state index in [0.717, 1.165) is 30.0 Å². The van der Waals surface area contributed by atoms with Crippen LogP contribution in [0, 0.1) is 13.8 Å². The molecule has 1 atom stereocenters. The second-order valence-electron chi connectivity index (χ2n) is 4.71. The predicted octanol–water partition coefficient (Wildman–Crippen LogP) is 2.19. The maximum absolute atomic E-state index is 12.4. The Balaban J connectivity index is 2.12. The lowest BCUT2D eigenvalue weighted by molar-refractivity contribution is 0.0698. The van der Waals surface area contributed by atoms with E-state index in [-0.39, 0.29) is 5.91 Å². The fourth-order valence-electron chi connectivity index (χ4n) is 2.41. The smallest absolute Gasteiger partial charge is 0.255 e. The van der Waals surface area contributed by atoms with Gasteiger partial charge < -0.3 is 10.2 Å². The summed E-state index contributed by atoms with van der Waals surface area (Å²) in [5.41, 5.74) is 0.893. The van der Waals surface area contributed by atoms with Gasteiger partial charge in [0.25, 0.3) is 5.91 Å². The van der Waals surface area contributed by atoms with Crippen LogP contribution < -0.4 is 5.32 Å². The molecule has 0 spiro atoms. The Morgan fingerprint density at radius 2 is 2.29 bits per heavy atom. The number of aryl methyl sites for hydroxylation is 2. The van der Waals surface area contributed by atoms with E-state index >= 15 is 0 Å². The molecular formula is C13H20N2OS. The number of likely N-dealkylation sites (tertiary alicyclic amines) is 1. The van der Waals surface area contributed by atoms with Crippen molar-refractivity contribution in [1.82, 2.24) is 10.2 Å². The molecule has 3 nitrogen and oxygen atoms in total.